The second kappa shape index (κ2) is 10.9. The number of carbonyl (C=O) groups excluding carboxylic acids is 1. The predicted octanol–water partition coefficient (Wildman–Crippen LogP) is 5.49. The second-order valence-electron chi connectivity index (χ2n) is 8.47. The van der Waals surface area contributed by atoms with Gasteiger partial charge in [0, 0.05) is 21.1 Å². The monoisotopic (exact) mass is 671 g/mol. The van der Waals surface area contributed by atoms with Crippen LogP contribution in [0, 0.1) is 10.1 Å². The van der Waals surface area contributed by atoms with E-state index in [0.717, 1.165) is 21.4 Å². The minimum Gasteiger partial charge on any atom is -0.463 e. The van der Waals surface area contributed by atoms with Gasteiger partial charge in [-0.1, -0.05) is 55.3 Å². The fourth-order valence-electron chi connectivity index (χ4n) is 4.32. The molecule has 0 saturated heterocycles. The molecule has 0 radical (unpaired) electrons. The Balaban J connectivity index is 1.63. The number of hydrogen-bond acceptors (Lipinski definition) is 8. The van der Waals surface area contributed by atoms with Gasteiger partial charge in [-0.2, -0.15) is 0 Å². The molecule has 2 aromatic carbocycles. The number of allylic oxidation sites excluding steroid dienone is 1. The normalized spacial score (nSPS) is 15.2. The van der Waals surface area contributed by atoms with Crippen LogP contribution >= 0.6 is 43.2 Å². The van der Waals surface area contributed by atoms with Crippen LogP contribution in [0.4, 0.5) is 5.69 Å². The van der Waals surface area contributed by atoms with E-state index in [1.165, 1.54) is 10.6 Å². The van der Waals surface area contributed by atoms with Crippen LogP contribution < -0.4 is 14.9 Å². The number of nitro groups is 1. The topological polar surface area (TPSA) is 117 Å². The maximum Gasteiger partial charge on any atom is 0.338 e. The van der Waals surface area contributed by atoms with Crippen molar-refractivity contribution in [2.24, 2.45) is 4.99 Å². The molecule has 1 aliphatic rings. The quantitative estimate of drug-likeness (QED) is 0.152. The van der Waals surface area contributed by atoms with Crippen LogP contribution in [-0.2, 0) is 9.53 Å². The number of benzene rings is 2. The van der Waals surface area contributed by atoms with E-state index in [1.54, 1.807) is 44.2 Å². The van der Waals surface area contributed by atoms with Crippen LogP contribution in [0.5, 0.6) is 0 Å². The molecule has 5 rings (SSSR count). The number of carbonyl (C=O) groups is 1. The summed E-state index contributed by atoms with van der Waals surface area (Å²) in [5, 5.41) is 11.6. The third-order valence-corrected chi connectivity index (χ3v) is 8.03. The SMILES string of the molecule is CCOC(=O)C1=C(C)N=c2s/c(=C\c3ccc(-c4ccc(Br)cc4[N+](=O)[O-])o3)c(=O)n2[C@H]1c1ccc(Br)cc1. The molecule has 0 bridgehead atoms. The van der Waals surface area contributed by atoms with Gasteiger partial charge in [-0.3, -0.25) is 19.5 Å². The number of aromatic nitrogens is 1. The molecule has 1 aliphatic heterocycles. The zero-order valence-electron chi connectivity index (χ0n) is 20.5. The maximum atomic E-state index is 13.7. The van der Waals surface area contributed by atoms with Crippen LogP contribution in [-0.4, -0.2) is 22.1 Å². The number of rotatable bonds is 6. The fraction of sp³-hybridized carbons (Fsp3) is 0.148. The second-order valence-corrected chi connectivity index (χ2v) is 11.3. The molecule has 198 valence electrons. The lowest BCUT2D eigenvalue weighted by Crippen LogP contribution is -2.39. The van der Waals surface area contributed by atoms with Crippen molar-refractivity contribution in [1.29, 1.82) is 0 Å². The summed E-state index contributed by atoms with van der Waals surface area (Å²) < 4.78 is 14.5. The van der Waals surface area contributed by atoms with E-state index < -0.39 is 16.9 Å². The lowest BCUT2D eigenvalue weighted by atomic mass is 9.96. The summed E-state index contributed by atoms with van der Waals surface area (Å²) in [6, 6.07) is 14.6. The average Bonchev–Trinajstić information content (AvgIpc) is 3.48. The Morgan fingerprint density at radius 3 is 2.59 bits per heavy atom. The first kappa shape index (κ1) is 27.0. The van der Waals surface area contributed by atoms with Gasteiger partial charge in [0.15, 0.2) is 4.80 Å². The highest BCUT2D eigenvalue weighted by Crippen LogP contribution is 2.34. The highest BCUT2D eigenvalue weighted by molar-refractivity contribution is 9.10. The number of ether oxygens (including phenoxy) is 1. The Hall–Kier alpha value is -3.61. The van der Waals surface area contributed by atoms with Crippen molar-refractivity contribution < 1.29 is 18.9 Å². The van der Waals surface area contributed by atoms with E-state index in [4.69, 9.17) is 9.15 Å². The summed E-state index contributed by atoms with van der Waals surface area (Å²) >= 11 is 7.84. The van der Waals surface area contributed by atoms with Gasteiger partial charge in [-0.25, -0.2) is 9.79 Å². The van der Waals surface area contributed by atoms with Gasteiger partial charge in [-0.15, -0.1) is 0 Å². The number of nitrogens with zero attached hydrogens (tertiary/aromatic N) is 3. The summed E-state index contributed by atoms with van der Waals surface area (Å²) in [5.41, 5.74) is 1.34. The van der Waals surface area contributed by atoms with E-state index in [9.17, 15) is 19.7 Å². The third-order valence-electron chi connectivity index (χ3n) is 6.02. The van der Waals surface area contributed by atoms with Crippen molar-refractivity contribution in [2.75, 3.05) is 6.61 Å². The van der Waals surface area contributed by atoms with Crippen LogP contribution in [0.2, 0.25) is 0 Å². The summed E-state index contributed by atoms with van der Waals surface area (Å²) in [6.07, 6.45) is 1.57. The van der Waals surface area contributed by atoms with E-state index >= 15 is 0 Å². The molecule has 3 heterocycles. The number of nitro benzene ring substituents is 1. The molecule has 0 N–H and O–H groups in total. The minimum absolute atomic E-state index is 0.110. The first-order chi connectivity index (χ1) is 18.7. The van der Waals surface area contributed by atoms with E-state index in [-0.39, 0.29) is 17.9 Å². The molecule has 4 aromatic rings. The number of thiazole rings is 1. The van der Waals surface area contributed by atoms with Gasteiger partial charge in [0.1, 0.15) is 11.5 Å². The first-order valence-corrected chi connectivity index (χ1v) is 14.1. The molecule has 0 saturated carbocycles. The molecular weight excluding hydrogens is 654 g/mol. The molecule has 9 nitrogen and oxygen atoms in total. The van der Waals surface area contributed by atoms with Crippen molar-refractivity contribution >= 4 is 60.9 Å². The molecule has 0 amide bonds. The third kappa shape index (κ3) is 5.19. The van der Waals surface area contributed by atoms with Crippen LogP contribution in [0.3, 0.4) is 0 Å². The zero-order chi connectivity index (χ0) is 27.8. The molecule has 2 aromatic heterocycles. The number of fused-ring (bicyclic) bond motifs is 1. The number of furan rings is 1. The van der Waals surface area contributed by atoms with Crippen molar-refractivity contribution in [2.45, 2.75) is 19.9 Å². The number of esters is 1. The van der Waals surface area contributed by atoms with Crippen LogP contribution in [0.1, 0.15) is 31.2 Å². The summed E-state index contributed by atoms with van der Waals surface area (Å²) in [4.78, 5) is 42.8. The van der Waals surface area contributed by atoms with Gasteiger partial charge < -0.3 is 9.15 Å². The summed E-state index contributed by atoms with van der Waals surface area (Å²) in [5.74, 6) is 0.100. The van der Waals surface area contributed by atoms with Gasteiger partial charge in [0.05, 0.1) is 38.9 Å². The molecule has 0 aliphatic carbocycles. The largest absolute Gasteiger partial charge is 0.463 e. The Labute approximate surface area is 242 Å². The highest BCUT2D eigenvalue weighted by Gasteiger charge is 2.33. The van der Waals surface area contributed by atoms with Crippen LogP contribution in [0.15, 0.2) is 89.0 Å². The van der Waals surface area contributed by atoms with Gasteiger partial charge in [0.25, 0.3) is 11.2 Å². The summed E-state index contributed by atoms with van der Waals surface area (Å²) in [6.45, 7) is 3.63. The number of hydrogen-bond donors (Lipinski definition) is 0. The van der Waals surface area contributed by atoms with E-state index in [0.29, 0.717) is 42.2 Å². The average molecular weight is 673 g/mol. The standard InChI is InChI=1S/C27H19Br2N3O6S/c1-3-37-26(34)23-14(2)30-27-31(24(23)15-4-6-16(28)7-5-15)25(33)22(39-27)13-18-9-11-21(38-18)19-10-8-17(29)12-20(19)32(35)36/h4-13,24H,3H2,1-2H3/b22-13-/t24-/m0/s1. The summed E-state index contributed by atoms with van der Waals surface area (Å²) in [7, 11) is 0. The van der Waals surface area contributed by atoms with Crippen molar-refractivity contribution in [1.82, 2.24) is 4.57 Å². The highest BCUT2D eigenvalue weighted by atomic mass is 79.9. The smallest absolute Gasteiger partial charge is 0.338 e. The Morgan fingerprint density at radius 2 is 1.90 bits per heavy atom. The van der Waals surface area contributed by atoms with Crippen molar-refractivity contribution in [3.05, 3.63) is 116 Å². The maximum absolute atomic E-state index is 13.7. The van der Waals surface area contributed by atoms with Gasteiger partial charge in [0.2, 0.25) is 0 Å². The van der Waals surface area contributed by atoms with Crippen molar-refractivity contribution in [3.63, 3.8) is 0 Å². The van der Waals surface area contributed by atoms with Gasteiger partial charge >= 0.3 is 5.97 Å². The molecule has 1 atom stereocenters. The number of halogens is 2. The lowest BCUT2D eigenvalue weighted by molar-refractivity contribution is -0.384. The minimum atomic E-state index is -0.729. The Kier molecular flexibility index (Phi) is 7.52. The molecule has 12 heteroatoms. The van der Waals surface area contributed by atoms with Gasteiger partial charge in [-0.05, 0) is 55.8 Å². The molecule has 0 spiro atoms. The van der Waals surface area contributed by atoms with E-state index in [1.807, 2.05) is 24.3 Å². The van der Waals surface area contributed by atoms with Crippen LogP contribution in [0.25, 0.3) is 17.4 Å². The predicted molar refractivity (Wildman–Crippen MR) is 153 cm³/mol. The van der Waals surface area contributed by atoms with E-state index in [2.05, 4.69) is 36.9 Å². The Morgan fingerprint density at radius 1 is 1.18 bits per heavy atom. The fourth-order valence-corrected chi connectivity index (χ4v) is 5.96. The first-order valence-electron chi connectivity index (χ1n) is 11.7. The molecule has 0 fully saturated rings. The lowest BCUT2D eigenvalue weighted by Gasteiger charge is -2.24. The van der Waals surface area contributed by atoms with Crippen molar-refractivity contribution in [3.8, 4) is 11.3 Å². The zero-order valence-corrected chi connectivity index (χ0v) is 24.5. The molecule has 0 unspecified atom stereocenters. The molecular formula is C27H19Br2N3O6S. The Bertz CT molecular complexity index is 1840. The molecule has 39 heavy (non-hydrogen) atoms.